The van der Waals surface area contributed by atoms with Gasteiger partial charge in [0, 0.05) is 38.9 Å². The summed E-state index contributed by atoms with van der Waals surface area (Å²) in [6.45, 7) is 6.67. The third-order valence-electron chi connectivity index (χ3n) is 4.09. The van der Waals surface area contributed by atoms with Gasteiger partial charge in [-0.25, -0.2) is 0 Å². The Kier molecular flexibility index (Phi) is 7.25. The Morgan fingerprint density at radius 3 is 2.56 bits per heavy atom. The highest BCUT2D eigenvalue weighted by Crippen LogP contribution is 2.23. The molecule has 0 unspecified atom stereocenters. The second-order valence-corrected chi connectivity index (χ2v) is 6.66. The zero-order valence-corrected chi connectivity index (χ0v) is 15.4. The van der Waals surface area contributed by atoms with E-state index in [2.05, 4.69) is 13.8 Å². The number of amides is 2. The molecule has 6 nitrogen and oxygen atoms in total. The summed E-state index contributed by atoms with van der Waals surface area (Å²) in [7, 11) is 1.63. The second kappa shape index (κ2) is 9.42. The minimum Gasteiger partial charge on any atom is -0.484 e. The maximum Gasteiger partial charge on any atom is 0.260 e. The fourth-order valence-electron chi connectivity index (χ4n) is 2.84. The van der Waals surface area contributed by atoms with Crippen LogP contribution in [-0.2, 0) is 14.3 Å². The zero-order valence-electron chi connectivity index (χ0n) is 15.4. The van der Waals surface area contributed by atoms with Crippen LogP contribution in [0.4, 0.5) is 5.69 Å². The monoisotopic (exact) mass is 348 g/mol. The Morgan fingerprint density at radius 1 is 1.28 bits per heavy atom. The van der Waals surface area contributed by atoms with Crippen LogP contribution >= 0.6 is 0 Å². The van der Waals surface area contributed by atoms with E-state index in [1.165, 1.54) is 0 Å². The van der Waals surface area contributed by atoms with Crippen molar-refractivity contribution < 1.29 is 19.1 Å². The van der Waals surface area contributed by atoms with Gasteiger partial charge in [0.25, 0.3) is 5.91 Å². The number of anilines is 1. The van der Waals surface area contributed by atoms with E-state index < -0.39 is 0 Å². The Balaban J connectivity index is 1.88. The molecule has 0 bridgehead atoms. The highest BCUT2D eigenvalue weighted by molar-refractivity contribution is 5.95. The van der Waals surface area contributed by atoms with E-state index in [0.29, 0.717) is 37.8 Å². The van der Waals surface area contributed by atoms with Crippen LogP contribution in [0, 0.1) is 5.92 Å². The number of hydrogen-bond donors (Lipinski definition) is 0. The second-order valence-electron chi connectivity index (χ2n) is 6.66. The normalized spacial score (nSPS) is 14.2. The average Bonchev–Trinajstić information content (AvgIpc) is 3.02. The van der Waals surface area contributed by atoms with Crippen molar-refractivity contribution in [3.63, 3.8) is 0 Å². The first-order chi connectivity index (χ1) is 12.0. The molecule has 2 amide bonds. The molecule has 0 radical (unpaired) electrons. The number of ether oxygens (including phenoxy) is 2. The molecular formula is C19H28N2O4. The van der Waals surface area contributed by atoms with Gasteiger partial charge >= 0.3 is 0 Å². The quantitative estimate of drug-likeness (QED) is 0.687. The van der Waals surface area contributed by atoms with Crippen molar-refractivity contribution in [2.45, 2.75) is 26.7 Å². The lowest BCUT2D eigenvalue weighted by atomic mass is 10.2. The first kappa shape index (κ1) is 19.2. The van der Waals surface area contributed by atoms with E-state index in [9.17, 15) is 9.59 Å². The highest BCUT2D eigenvalue weighted by Gasteiger charge is 2.21. The first-order valence-corrected chi connectivity index (χ1v) is 8.81. The molecule has 1 aliphatic heterocycles. The zero-order chi connectivity index (χ0) is 18.2. The summed E-state index contributed by atoms with van der Waals surface area (Å²) < 4.78 is 10.7. The summed E-state index contributed by atoms with van der Waals surface area (Å²) in [4.78, 5) is 27.7. The number of hydrogen-bond acceptors (Lipinski definition) is 4. The van der Waals surface area contributed by atoms with Gasteiger partial charge in [-0.1, -0.05) is 13.8 Å². The molecule has 0 N–H and O–H groups in total. The number of carbonyl (C=O) groups excluding carboxylic acids is 2. The van der Waals surface area contributed by atoms with E-state index in [-0.39, 0.29) is 18.4 Å². The average molecular weight is 348 g/mol. The predicted molar refractivity (Wildman–Crippen MR) is 96.8 cm³/mol. The molecule has 0 aromatic heterocycles. The summed E-state index contributed by atoms with van der Waals surface area (Å²) in [5, 5.41) is 0. The maximum absolute atomic E-state index is 12.4. The third kappa shape index (κ3) is 5.74. The van der Waals surface area contributed by atoms with Crippen LogP contribution in [0.3, 0.4) is 0 Å². The molecule has 1 heterocycles. The van der Waals surface area contributed by atoms with Crippen LogP contribution in [0.25, 0.3) is 0 Å². The van der Waals surface area contributed by atoms with Crippen molar-refractivity contribution in [1.82, 2.24) is 4.90 Å². The first-order valence-electron chi connectivity index (χ1n) is 8.81. The Bertz CT molecular complexity index is 571. The van der Waals surface area contributed by atoms with E-state index in [0.717, 1.165) is 18.7 Å². The molecule has 1 fully saturated rings. The van der Waals surface area contributed by atoms with Crippen LogP contribution in [-0.4, -0.2) is 56.7 Å². The summed E-state index contributed by atoms with van der Waals surface area (Å²) in [6, 6.07) is 7.33. The van der Waals surface area contributed by atoms with Gasteiger partial charge in [0.1, 0.15) is 5.75 Å². The molecule has 1 aliphatic rings. The number of benzene rings is 1. The number of carbonyl (C=O) groups is 2. The molecule has 138 valence electrons. The van der Waals surface area contributed by atoms with Crippen molar-refractivity contribution in [1.29, 1.82) is 0 Å². The summed E-state index contributed by atoms with van der Waals surface area (Å²) in [5.74, 6) is 1.12. The summed E-state index contributed by atoms with van der Waals surface area (Å²) in [5.41, 5.74) is 0.878. The van der Waals surface area contributed by atoms with Crippen molar-refractivity contribution >= 4 is 17.5 Å². The molecule has 0 spiro atoms. The van der Waals surface area contributed by atoms with Gasteiger partial charge in [-0.15, -0.1) is 0 Å². The maximum atomic E-state index is 12.4. The molecule has 0 atom stereocenters. The minimum atomic E-state index is -0.0513. The largest absolute Gasteiger partial charge is 0.484 e. The smallest absolute Gasteiger partial charge is 0.260 e. The van der Waals surface area contributed by atoms with Crippen molar-refractivity contribution in [3.8, 4) is 5.75 Å². The lowest BCUT2D eigenvalue weighted by Gasteiger charge is -2.24. The van der Waals surface area contributed by atoms with E-state index in [1.54, 1.807) is 29.0 Å². The molecule has 1 saturated heterocycles. The van der Waals surface area contributed by atoms with Crippen LogP contribution < -0.4 is 9.64 Å². The van der Waals surface area contributed by atoms with Gasteiger partial charge in [-0.2, -0.15) is 0 Å². The van der Waals surface area contributed by atoms with Crippen molar-refractivity contribution in [2.75, 3.05) is 44.9 Å². The molecule has 0 saturated carbocycles. The highest BCUT2D eigenvalue weighted by atomic mass is 16.5. The van der Waals surface area contributed by atoms with Crippen molar-refractivity contribution in [3.05, 3.63) is 24.3 Å². The van der Waals surface area contributed by atoms with E-state index in [4.69, 9.17) is 9.47 Å². The predicted octanol–water partition coefficient (Wildman–Crippen LogP) is 2.32. The SMILES string of the molecule is COCCN(CC(C)C)C(=O)COc1ccc(N2CCCC2=O)cc1. The number of methoxy groups -OCH3 is 1. The van der Waals surface area contributed by atoms with Gasteiger partial charge in [-0.05, 0) is 36.6 Å². The van der Waals surface area contributed by atoms with Gasteiger partial charge in [0.05, 0.1) is 6.61 Å². The summed E-state index contributed by atoms with van der Waals surface area (Å²) >= 11 is 0. The molecule has 0 aliphatic carbocycles. The molecule has 1 aromatic rings. The summed E-state index contributed by atoms with van der Waals surface area (Å²) in [6.07, 6.45) is 1.51. The van der Waals surface area contributed by atoms with Gasteiger partial charge < -0.3 is 19.3 Å². The topological polar surface area (TPSA) is 59.1 Å². The Labute approximate surface area is 149 Å². The standard InChI is InChI=1S/C19H28N2O4/c1-15(2)13-20(11-12-24-3)19(23)14-25-17-8-6-16(7-9-17)21-10-4-5-18(21)22/h6-9,15H,4-5,10-14H2,1-3H3. The number of rotatable bonds is 9. The van der Waals surface area contributed by atoms with Gasteiger partial charge in [0.15, 0.2) is 6.61 Å². The fraction of sp³-hybridized carbons (Fsp3) is 0.579. The molecule has 25 heavy (non-hydrogen) atoms. The third-order valence-corrected chi connectivity index (χ3v) is 4.09. The van der Waals surface area contributed by atoms with E-state index in [1.807, 2.05) is 12.1 Å². The van der Waals surface area contributed by atoms with Gasteiger partial charge in [0.2, 0.25) is 5.91 Å². The molecule has 6 heteroatoms. The Hall–Kier alpha value is -2.08. The molecule has 2 rings (SSSR count). The van der Waals surface area contributed by atoms with Crippen LogP contribution in [0.15, 0.2) is 24.3 Å². The van der Waals surface area contributed by atoms with Crippen LogP contribution in [0.5, 0.6) is 5.75 Å². The lowest BCUT2D eigenvalue weighted by Crippen LogP contribution is -2.39. The van der Waals surface area contributed by atoms with Crippen molar-refractivity contribution in [2.24, 2.45) is 5.92 Å². The van der Waals surface area contributed by atoms with Crippen LogP contribution in [0.2, 0.25) is 0 Å². The minimum absolute atomic E-state index is 0.00156. The molecular weight excluding hydrogens is 320 g/mol. The van der Waals surface area contributed by atoms with Gasteiger partial charge in [-0.3, -0.25) is 9.59 Å². The molecule has 1 aromatic carbocycles. The fourth-order valence-corrected chi connectivity index (χ4v) is 2.84. The van der Waals surface area contributed by atoms with Crippen LogP contribution in [0.1, 0.15) is 26.7 Å². The van der Waals surface area contributed by atoms with E-state index >= 15 is 0 Å². The lowest BCUT2D eigenvalue weighted by molar-refractivity contribution is -0.134. The number of nitrogens with zero attached hydrogens (tertiary/aromatic N) is 2. The Morgan fingerprint density at radius 2 is 2.00 bits per heavy atom.